The number of hydrogen-bond acceptors (Lipinski definition) is 3. The van der Waals surface area contributed by atoms with Gasteiger partial charge in [0.25, 0.3) is 0 Å². The van der Waals surface area contributed by atoms with Crippen LogP contribution in [0.3, 0.4) is 0 Å². The first kappa shape index (κ1) is 11.3. The van der Waals surface area contributed by atoms with Crippen LogP contribution in [0.4, 0.5) is 5.82 Å². The predicted molar refractivity (Wildman–Crippen MR) is 68.4 cm³/mol. The summed E-state index contributed by atoms with van der Waals surface area (Å²) in [4.78, 5) is 16.4. The lowest BCUT2D eigenvalue weighted by Crippen LogP contribution is -2.06. The van der Waals surface area contributed by atoms with Crippen molar-refractivity contribution in [3.63, 3.8) is 0 Å². The Morgan fingerprint density at radius 1 is 1.18 bits per heavy atom. The average molecular weight is 226 g/mol. The van der Waals surface area contributed by atoms with E-state index in [4.69, 9.17) is 0 Å². The Bertz CT molecular complexity index is 532. The van der Waals surface area contributed by atoms with Crippen LogP contribution in [0.15, 0.2) is 42.6 Å². The van der Waals surface area contributed by atoms with E-state index in [-0.39, 0.29) is 5.78 Å². The first-order valence-corrected chi connectivity index (χ1v) is 5.46. The summed E-state index contributed by atoms with van der Waals surface area (Å²) in [5.74, 6) is 0.598. The number of benzene rings is 1. The van der Waals surface area contributed by atoms with Crippen LogP contribution in [0, 0.1) is 6.92 Å². The smallest absolute Gasteiger partial charge is 0.196 e. The first-order chi connectivity index (χ1) is 8.22. The van der Waals surface area contributed by atoms with Crippen molar-refractivity contribution in [2.75, 3.05) is 12.4 Å². The third kappa shape index (κ3) is 2.33. The summed E-state index contributed by atoms with van der Waals surface area (Å²) in [5.41, 5.74) is 2.42. The van der Waals surface area contributed by atoms with E-state index < -0.39 is 0 Å². The summed E-state index contributed by atoms with van der Waals surface area (Å²) in [7, 11) is 1.76. The molecule has 1 aromatic carbocycles. The van der Waals surface area contributed by atoms with Crippen LogP contribution in [-0.2, 0) is 0 Å². The van der Waals surface area contributed by atoms with Crippen LogP contribution >= 0.6 is 0 Å². The van der Waals surface area contributed by atoms with Gasteiger partial charge in [-0.2, -0.15) is 0 Å². The number of carbonyl (C=O) groups excluding carboxylic acids is 1. The number of anilines is 1. The quantitative estimate of drug-likeness (QED) is 0.818. The number of nitrogens with one attached hydrogen (secondary N) is 1. The number of ketones is 1. The van der Waals surface area contributed by atoms with Gasteiger partial charge in [0.15, 0.2) is 5.78 Å². The molecule has 0 fully saturated rings. The molecule has 0 bridgehead atoms. The lowest BCUT2D eigenvalue weighted by molar-refractivity contribution is 0.103. The van der Waals surface area contributed by atoms with Gasteiger partial charge in [-0.15, -0.1) is 0 Å². The Hall–Kier alpha value is -2.16. The Labute approximate surface area is 101 Å². The molecule has 0 saturated carbocycles. The monoisotopic (exact) mass is 226 g/mol. The van der Waals surface area contributed by atoms with Crippen molar-refractivity contribution >= 4 is 11.6 Å². The van der Waals surface area contributed by atoms with E-state index in [0.717, 1.165) is 5.56 Å². The fraction of sp³-hybridized carbons (Fsp3) is 0.143. The summed E-state index contributed by atoms with van der Waals surface area (Å²) in [5, 5.41) is 2.93. The van der Waals surface area contributed by atoms with Gasteiger partial charge in [-0.1, -0.05) is 29.8 Å². The minimum absolute atomic E-state index is 0.0116. The maximum atomic E-state index is 12.3. The Balaban J connectivity index is 2.40. The topological polar surface area (TPSA) is 42.0 Å². The van der Waals surface area contributed by atoms with E-state index in [9.17, 15) is 4.79 Å². The van der Waals surface area contributed by atoms with Crippen LogP contribution in [-0.4, -0.2) is 17.8 Å². The molecular formula is C14H14N2O. The van der Waals surface area contributed by atoms with Crippen molar-refractivity contribution < 1.29 is 4.79 Å². The fourth-order valence-electron chi connectivity index (χ4n) is 1.65. The number of hydrogen-bond donors (Lipinski definition) is 1. The zero-order valence-corrected chi connectivity index (χ0v) is 9.90. The van der Waals surface area contributed by atoms with Crippen LogP contribution in [0.1, 0.15) is 21.5 Å². The number of aromatic nitrogens is 1. The summed E-state index contributed by atoms with van der Waals surface area (Å²) in [6.07, 6.45) is 1.66. The largest absolute Gasteiger partial charge is 0.373 e. The van der Waals surface area contributed by atoms with E-state index in [1.165, 1.54) is 0 Å². The predicted octanol–water partition coefficient (Wildman–Crippen LogP) is 2.66. The van der Waals surface area contributed by atoms with Crippen molar-refractivity contribution in [3.05, 3.63) is 59.3 Å². The highest BCUT2D eigenvalue weighted by Crippen LogP contribution is 2.16. The summed E-state index contributed by atoms with van der Waals surface area (Å²) in [6.45, 7) is 2.00. The van der Waals surface area contributed by atoms with Gasteiger partial charge in [-0.05, 0) is 19.1 Å². The highest BCUT2D eigenvalue weighted by Gasteiger charge is 2.12. The van der Waals surface area contributed by atoms with Gasteiger partial charge in [-0.25, -0.2) is 4.98 Å². The number of carbonyl (C=O) groups is 1. The van der Waals surface area contributed by atoms with Crippen LogP contribution in [0.25, 0.3) is 0 Å². The Morgan fingerprint density at radius 2 is 1.88 bits per heavy atom. The Kier molecular flexibility index (Phi) is 3.19. The van der Waals surface area contributed by atoms with E-state index in [0.29, 0.717) is 16.9 Å². The summed E-state index contributed by atoms with van der Waals surface area (Å²) in [6, 6.07) is 11.1. The highest BCUT2D eigenvalue weighted by molar-refractivity contribution is 6.11. The summed E-state index contributed by atoms with van der Waals surface area (Å²) < 4.78 is 0. The van der Waals surface area contributed by atoms with Crippen molar-refractivity contribution in [2.24, 2.45) is 0 Å². The van der Waals surface area contributed by atoms with E-state index in [1.807, 2.05) is 31.2 Å². The summed E-state index contributed by atoms with van der Waals surface area (Å²) >= 11 is 0. The molecule has 2 rings (SSSR count). The second-order valence-electron chi connectivity index (χ2n) is 3.84. The number of pyridine rings is 1. The van der Waals surface area contributed by atoms with Gasteiger partial charge in [0.1, 0.15) is 5.82 Å². The molecule has 0 spiro atoms. The van der Waals surface area contributed by atoms with Crippen molar-refractivity contribution in [1.82, 2.24) is 4.98 Å². The van der Waals surface area contributed by atoms with Gasteiger partial charge < -0.3 is 5.32 Å². The van der Waals surface area contributed by atoms with E-state index in [2.05, 4.69) is 10.3 Å². The molecule has 1 N–H and O–H groups in total. The van der Waals surface area contributed by atoms with Crippen LogP contribution < -0.4 is 5.32 Å². The third-order valence-electron chi connectivity index (χ3n) is 2.60. The molecule has 0 radical (unpaired) electrons. The van der Waals surface area contributed by atoms with Crippen molar-refractivity contribution in [3.8, 4) is 0 Å². The second-order valence-corrected chi connectivity index (χ2v) is 3.84. The Morgan fingerprint density at radius 3 is 2.53 bits per heavy atom. The molecular weight excluding hydrogens is 212 g/mol. The zero-order chi connectivity index (χ0) is 12.3. The van der Waals surface area contributed by atoms with Crippen LogP contribution in [0.2, 0.25) is 0 Å². The molecule has 0 aliphatic heterocycles. The number of nitrogens with zero attached hydrogens (tertiary/aromatic N) is 1. The third-order valence-corrected chi connectivity index (χ3v) is 2.60. The van der Waals surface area contributed by atoms with Gasteiger partial charge >= 0.3 is 0 Å². The van der Waals surface area contributed by atoms with Gasteiger partial charge in [0.05, 0.1) is 5.56 Å². The SMILES string of the molecule is CNc1ncccc1C(=O)c1ccc(C)cc1. The highest BCUT2D eigenvalue weighted by atomic mass is 16.1. The van der Waals surface area contributed by atoms with Crippen molar-refractivity contribution in [2.45, 2.75) is 6.92 Å². The number of aryl methyl sites for hydroxylation is 1. The molecule has 0 amide bonds. The van der Waals surface area contributed by atoms with Crippen molar-refractivity contribution in [1.29, 1.82) is 0 Å². The molecule has 0 aliphatic rings. The van der Waals surface area contributed by atoms with Gasteiger partial charge in [0.2, 0.25) is 0 Å². The molecule has 2 aromatic rings. The molecule has 0 saturated heterocycles. The van der Waals surface area contributed by atoms with Gasteiger partial charge in [0, 0.05) is 18.8 Å². The van der Waals surface area contributed by atoms with Crippen LogP contribution in [0.5, 0.6) is 0 Å². The second kappa shape index (κ2) is 4.78. The van der Waals surface area contributed by atoms with Gasteiger partial charge in [-0.3, -0.25) is 4.79 Å². The van der Waals surface area contributed by atoms with E-state index >= 15 is 0 Å². The molecule has 0 aliphatic carbocycles. The lowest BCUT2D eigenvalue weighted by atomic mass is 10.0. The fourth-order valence-corrected chi connectivity index (χ4v) is 1.65. The normalized spacial score (nSPS) is 10.0. The molecule has 1 aromatic heterocycles. The zero-order valence-electron chi connectivity index (χ0n) is 9.90. The standard InChI is InChI=1S/C14H14N2O/c1-10-5-7-11(8-6-10)13(17)12-4-3-9-16-14(12)15-2/h3-9H,1-2H3,(H,15,16). The first-order valence-electron chi connectivity index (χ1n) is 5.46. The molecule has 3 nitrogen and oxygen atoms in total. The maximum absolute atomic E-state index is 12.3. The average Bonchev–Trinajstić information content (AvgIpc) is 2.39. The minimum atomic E-state index is -0.0116. The molecule has 1 heterocycles. The molecule has 0 unspecified atom stereocenters. The molecule has 0 atom stereocenters. The molecule has 17 heavy (non-hydrogen) atoms. The molecule has 3 heteroatoms. The van der Waals surface area contributed by atoms with E-state index in [1.54, 1.807) is 25.4 Å². The minimum Gasteiger partial charge on any atom is -0.373 e. The lowest BCUT2D eigenvalue weighted by Gasteiger charge is -2.06. The number of rotatable bonds is 3. The maximum Gasteiger partial charge on any atom is 0.196 e. The molecule has 86 valence electrons.